The summed E-state index contributed by atoms with van der Waals surface area (Å²) in [5, 5.41) is 0. The molecule has 0 atom stereocenters. The van der Waals surface area contributed by atoms with E-state index >= 15 is 0 Å². The fourth-order valence-electron chi connectivity index (χ4n) is 2.78. The Morgan fingerprint density at radius 2 is 2.14 bits per heavy atom. The van der Waals surface area contributed by atoms with Gasteiger partial charge in [0.15, 0.2) is 17.3 Å². The van der Waals surface area contributed by atoms with Gasteiger partial charge in [0.2, 0.25) is 5.89 Å². The maximum Gasteiger partial charge on any atom is 0.226 e. The van der Waals surface area contributed by atoms with Gasteiger partial charge in [0.25, 0.3) is 0 Å². The minimum absolute atomic E-state index is 0.0187. The standard InChI is InChI=1S/C23H24N2O4/c1-3-4-7-14-28-22-15-17(9-12-21(22)27-2)23-25-18(16-29-23)10-11-20(26)19-8-5-6-13-24-19/h3,5-6,8-9,12-13,15-16H,1,4,7,10-11,14H2,2H3. The molecule has 2 aromatic heterocycles. The lowest BCUT2D eigenvalue weighted by atomic mass is 10.1. The summed E-state index contributed by atoms with van der Waals surface area (Å²) in [6.07, 6.45) is 7.64. The molecule has 3 aromatic rings. The molecule has 0 spiro atoms. The van der Waals surface area contributed by atoms with E-state index in [2.05, 4.69) is 16.5 Å². The molecule has 0 saturated heterocycles. The number of methoxy groups -OCH3 is 1. The van der Waals surface area contributed by atoms with E-state index in [9.17, 15) is 4.79 Å². The van der Waals surface area contributed by atoms with Crippen LogP contribution >= 0.6 is 0 Å². The number of benzene rings is 1. The van der Waals surface area contributed by atoms with Crippen molar-refractivity contribution in [3.05, 3.63) is 72.9 Å². The van der Waals surface area contributed by atoms with Crippen LogP contribution in [0.5, 0.6) is 11.5 Å². The van der Waals surface area contributed by atoms with E-state index in [4.69, 9.17) is 13.9 Å². The third-order valence-corrected chi connectivity index (χ3v) is 4.33. The Morgan fingerprint density at radius 3 is 2.90 bits per heavy atom. The molecule has 0 aliphatic carbocycles. The number of ketones is 1. The van der Waals surface area contributed by atoms with E-state index in [1.54, 1.807) is 37.8 Å². The SMILES string of the molecule is C=CCCCOc1cc(-c2nc(CCC(=O)c3ccccn3)co2)ccc1OC. The molecule has 6 heteroatoms. The van der Waals surface area contributed by atoms with Gasteiger partial charge in [-0.1, -0.05) is 12.1 Å². The first kappa shape index (κ1) is 20.3. The zero-order valence-corrected chi connectivity index (χ0v) is 16.5. The third-order valence-electron chi connectivity index (χ3n) is 4.33. The second-order valence-electron chi connectivity index (χ2n) is 6.43. The lowest BCUT2D eigenvalue weighted by Gasteiger charge is -2.11. The average Bonchev–Trinajstić information content (AvgIpc) is 3.24. The molecule has 0 aliphatic heterocycles. The summed E-state index contributed by atoms with van der Waals surface area (Å²) in [6, 6.07) is 10.8. The number of rotatable bonds is 11. The van der Waals surface area contributed by atoms with Gasteiger partial charge in [-0.15, -0.1) is 6.58 Å². The minimum atomic E-state index is -0.0187. The van der Waals surface area contributed by atoms with Crippen molar-refractivity contribution in [2.45, 2.75) is 25.7 Å². The number of oxazole rings is 1. The van der Waals surface area contributed by atoms with Gasteiger partial charge in [-0.2, -0.15) is 0 Å². The first-order chi connectivity index (χ1) is 14.2. The van der Waals surface area contributed by atoms with Crippen molar-refractivity contribution in [2.75, 3.05) is 13.7 Å². The van der Waals surface area contributed by atoms with Gasteiger partial charge < -0.3 is 13.9 Å². The number of pyridine rings is 1. The molecule has 0 amide bonds. The lowest BCUT2D eigenvalue weighted by molar-refractivity contribution is 0.0977. The highest BCUT2D eigenvalue weighted by atomic mass is 16.5. The molecule has 0 unspecified atom stereocenters. The third kappa shape index (κ3) is 5.54. The molecule has 150 valence electrons. The van der Waals surface area contributed by atoms with E-state index in [1.807, 2.05) is 24.3 Å². The van der Waals surface area contributed by atoms with Crippen LogP contribution in [0.4, 0.5) is 0 Å². The zero-order chi connectivity index (χ0) is 20.5. The maximum absolute atomic E-state index is 12.2. The highest BCUT2D eigenvalue weighted by Gasteiger charge is 2.13. The Bertz CT molecular complexity index is 951. The summed E-state index contributed by atoms with van der Waals surface area (Å²) >= 11 is 0. The molecule has 0 bridgehead atoms. The van der Waals surface area contributed by atoms with Crippen LogP contribution in [0.15, 0.2) is 65.9 Å². The Balaban J connectivity index is 1.66. The Kier molecular flexibility index (Phi) is 7.16. The summed E-state index contributed by atoms with van der Waals surface area (Å²) in [7, 11) is 1.60. The van der Waals surface area contributed by atoms with Gasteiger partial charge in [0, 0.05) is 24.6 Å². The number of aryl methyl sites for hydroxylation is 1. The summed E-state index contributed by atoms with van der Waals surface area (Å²) in [5.74, 6) is 1.75. The van der Waals surface area contributed by atoms with Crippen LogP contribution in [0.1, 0.15) is 35.4 Å². The topological polar surface area (TPSA) is 74.5 Å². The molecule has 0 saturated carbocycles. The van der Waals surface area contributed by atoms with Gasteiger partial charge >= 0.3 is 0 Å². The number of unbranched alkanes of at least 4 members (excludes halogenated alkanes) is 1. The fourth-order valence-corrected chi connectivity index (χ4v) is 2.78. The van der Waals surface area contributed by atoms with Gasteiger partial charge in [-0.05, 0) is 43.2 Å². The van der Waals surface area contributed by atoms with Crippen molar-refractivity contribution in [2.24, 2.45) is 0 Å². The molecule has 1 aromatic carbocycles. The maximum atomic E-state index is 12.2. The molecule has 0 radical (unpaired) electrons. The number of nitrogens with zero attached hydrogens (tertiary/aromatic N) is 2. The van der Waals surface area contributed by atoms with E-state index in [0.717, 1.165) is 18.4 Å². The predicted molar refractivity (Wildman–Crippen MR) is 110 cm³/mol. The summed E-state index contributed by atoms with van der Waals surface area (Å²) in [5.41, 5.74) is 1.96. The van der Waals surface area contributed by atoms with Crippen LogP contribution in [0.25, 0.3) is 11.5 Å². The quantitative estimate of drug-likeness (QED) is 0.262. The Hall–Kier alpha value is -3.41. The van der Waals surface area contributed by atoms with Crippen LogP contribution < -0.4 is 9.47 Å². The number of allylic oxidation sites excluding steroid dienone is 1. The number of carbonyl (C=O) groups excluding carboxylic acids is 1. The van der Waals surface area contributed by atoms with Gasteiger partial charge in [0.1, 0.15) is 12.0 Å². The molecule has 2 heterocycles. The predicted octanol–water partition coefficient (Wildman–Crippen LogP) is 4.91. The summed E-state index contributed by atoms with van der Waals surface area (Å²) in [6.45, 7) is 4.28. The first-order valence-electron chi connectivity index (χ1n) is 9.52. The van der Waals surface area contributed by atoms with Crippen molar-refractivity contribution in [1.29, 1.82) is 0 Å². The largest absolute Gasteiger partial charge is 0.493 e. The highest BCUT2D eigenvalue weighted by molar-refractivity contribution is 5.94. The van der Waals surface area contributed by atoms with E-state index in [0.29, 0.717) is 48.2 Å². The van der Waals surface area contributed by atoms with Crippen molar-refractivity contribution >= 4 is 5.78 Å². The molecule has 0 aliphatic rings. The molecular formula is C23H24N2O4. The van der Waals surface area contributed by atoms with Crippen molar-refractivity contribution in [3.8, 4) is 23.0 Å². The van der Waals surface area contributed by atoms with Gasteiger partial charge in [-0.3, -0.25) is 9.78 Å². The van der Waals surface area contributed by atoms with Crippen molar-refractivity contribution in [3.63, 3.8) is 0 Å². The van der Waals surface area contributed by atoms with Crippen LogP contribution in [0, 0.1) is 0 Å². The van der Waals surface area contributed by atoms with Gasteiger partial charge in [-0.25, -0.2) is 4.98 Å². The van der Waals surface area contributed by atoms with E-state index < -0.39 is 0 Å². The van der Waals surface area contributed by atoms with Crippen molar-refractivity contribution < 1.29 is 18.7 Å². The first-order valence-corrected chi connectivity index (χ1v) is 9.52. The molecule has 3 rings (SSSR count). The number of hydrogen-bond acceptors (Lipinski definition) is 6. The molecular weight excluding hydrogens is 368 g/mol. The zero-order valence-electron chi connectivity index (χ0n) is 16.5. The second kappa shape index (κ2) is 10.2. The monoisotopic (exact) mass is 392 g/mol. The number of Topliss-reactive ketones (excluding diaryl/α,β-unsaturated/α-hetero) is 1. The molecule has 0 N–H and O–H groups in total. The van der Waals surface area contributed by atoms with Gasteiger partial charge in [0.05, 0.1) is 19.4 Å². The fraction of sp³-hybridized carbons (Fsp3) is 0.261. The smallest absolute Gasteiger partial charge is 0.226 e. The lowest BCUT2D eigenvalue weighted by Crippen LogP contribution is -2.03. The second-order valence-corrected chi connectivity index (χ2v) is 6.43. The Morgan fingerprint density at radius 1 is 1.24 bits per heavy atom. The number of aromatic nitrogens is 2. The van der Waals surface area contributed by atoms with Crippen LogP contribution in [0.3, 0.4) is 0 Å². The Labute approximate surface area is 170 Å². The number of hydrogen-bond donors (Lipinski definition) is 0. The molecule has 6 nitrogen and oxygen atoms in total. The average molecular weight is 392 g/mol. The highest BCUT2D eigenvalue weighted by Crippen LogP contribution is 2.32. The van der Waals surface area contributed by atoms with Crippen LogP contribution in [-0.4, -0.2) is 29.5 Å². The number of ether oxygens (including phenoxy) is 2. The van der Waals surface area contributed by atoms with E-state index in [1.165, 1.54) is 0 Å². The van der Waals surface area contributed by atoms with Crippen LogP contribution in [-0.2, 0) is 6.42 Å². The van der Waals surface area contributed by atoms with Crippen molar-refractivity contribution in [1.82, 2.24) is 9.97 Å². The minimum Gasteiger partial charge on any atom is -0.493 e. The summed E-state index contributed by atoms with van der Waals surface area (Å²) < 4.78 is 16.8. The molecule has 29 heavy (non-hydrogen) atoms. The van der Waals surface area contributed by atoms with Crippen LogP contribution in [0.2, 0.25) is 0 Å². The molecule has 0 fully saturated rings. The summed E-state index contributed by atoms with van der Waals surface area (Å²) in [4.78, 5) is 20.8. The normalized spacial score (nSPS) is 10.5. The van der Waals surface area contributed by atoms with E-state index in [-0.39, 0.29) is 5.78 Å². The number of carbonyl (C=O) groups is 1.